The normalized spacial score (nSPS) is 29.1. The van der Waals surface area contributed by atoms with Crippen LogP contribution in [0.3, 0.4) is 0 Å². The molecule has 3 heteroatoms. The van der Waals surface area contributed by atoms with Crippen LogP contribution in [0.1, 0.15) is 52.9 Å². The van der Waals surface area contributed by atoms with Crippen molar-refractivity contribution in [3.63, 3.8) is 0 Å². The maximum atomic E-state index is 5.67. The average Bonchev–Trinajstić information content (AvgIpc) is 2.29. The first-order valence-electron chi connectivity index (χ1n) is 7.00. The van der Waals surface area contributed by atoms with Crippen LogP contribution in [-0.4, -0.2) is 31.6 Å². The predicted octanol–water partition coefficient (Wildman–Crippen LogP) is 2.70. The fourth-order valence-electron chi connectivity index (χ4n) is 2.78. The summed E-state index contributed by atoms with van der Waals surface area (Å²) in [7, 11) is 0. The highest BCUT2D eigenvalue weighted by Gasteiger charge is 2.31. The first-order chi connectivity index (χ1) is 7.99. The third kappa shape index (κ3) is 3.94. The molecule has 2 aliphatic rings. The second-order valence-electron chi connectivity index (χ2n) is 6.47. The maximum Gasteiger partial charge on any atom is 0.162 e. The molecule has 0 radical (unpaired) electrons. The molecule has 2 rings (SSSR count). The zero-order chi connectivity index (χ0) is 12.4. The monoisotopic (exact) mass is 241 g/mol. The summed E-state index contributed by atoms with van der Waals surface area (Å²) in [5, 5.41) is 3.62. The topological polar surface area (TPSA) is 30.5 Å². The number of nitrogens with one attached hydrogen (secondary N) is 1. The molecule has 0 aromatic rings. The molecule has 2 fully saturated rings. The number of ether oxygens (including phenoxy) is 2. The molecule has 0 aromatic heterocycles. The second kappa shape index (κ2) is 5.25. The van der Waals surface area contributed by atoms with Gasteiger partial charge in [0.25, 0.3) is 0 Å². The molecule has 1 saturated carbocycles. The fourth-order valence-corrected chi connectivity index (χ4v) is 2.78. The van der Waals surface area contributed by atoms with Crippen LogP contribution in [-0.2, 0) is 9.47 Å². The van der Waals surface area contributed by atoms with Crippen LogP contribution in [0.4, 0.5) is 0 Å². The van der Waals surface area contributed by atoms with Gasteiger partial charge in [0.05, 0.1) is 19.3 Å². The smallest absolute Gasteiger partial charge is 0.162 e. The van der Waals surface area contributed by atoms with Crippen LogP contribution in [0, 0.1) is 5.41 Å². The van der Waals surface area contributed by atoms with Gasteiger partial charge in [-0.3, -0.25) is 0 Å². The Labute approximate surface area is 105 Å². The minimum atomic E-state index is -0.396. The third-order valence-electron chi connectivity index (χ3n) is 4.14. The third-order valence-corrected chi connectivity index (χ3v) is 4.14. The Morgan fingerprint density at radius 3 is 2.18 bits per heavy atom. The Morgan fingerprint density at radius 1 is 1.00 bits per heavy atom. The van der Waals surface area contributed by atoms with Crippen molar-refractivity contribution >= 4 is 0 Å². The number of hydrogen-bond donors (Lipinski definition) is 1. The molecule has 1 heterocycles. The molecule has 0 bridgehead atoms. The van der Waals surface area contributed by atoms with Gasteiger partial charge < -0.3 is 14.8 Å². The molecule has 17 heavy (non-hydrogen) atoms. The van der Waals surface area contributed by atoms with Gasteiger partial charge in [0.2, 0.25) is 0 Å². The van der Waals surface area contributed by atoms with Crippen LogP contribution in [0.5, 0.6) is 0 Å². The molecule has 0 atom stereocenters. The Hall–Kier alpha value is -0.120. The number of hydrogen-bond acceptors (Lipinski definition) is 3. The van der Waals surface area contributed by atoms with Crippen molar-refractivity contribution in [1.82, 2.24) is 5.32 Å². The van der Waals surface area contributed by atoms with Crippen molar-refractivity contribution in [1.29, 1.82) is 0 Å². The summed E-state index contributed by atoms with van der Waals surface area (Å²) in [4.78, 5) is 0. The highest BCUT2D eigenvalue weighted by Crippen LogP contribution is 2.35. The van der Waals surface area contributed by atoms with Gasteiger partial charge in [0.1, 0.15) is 0 Å². The molecular weight excluding hydrogens is 214 g/mol. The Morgan fingerprint density at radius 2 is 1.59 bits per heavy atom. The van der Waals surface area contributed by atoms with Crippen molar-refractivity contribution < 1.29 is 9.47 Å². The van der Waals surface area contributed by atoms with Crippen molar-refractivity contribution in [2.45, 2.75) is 64.7 Å². The maximum absolute atomic E-state index is 5.67. The minimum Gasteiger partial charge on any atom is -0.349 e. The van der Waals surface area contributed by atoms with E-state index in [1.165, 1.54) is 32.1 Å². The molecule has 0 spiro atoms. The Kier molecular flexibility index (Phi) is 4.11. The fraction of sp³-hybridized carbons (Fsp3) is 1.00. The SMILES string of the molecule is CC1(CNC2COC(C)(C)OC2)CCCCC1. The largest absolute Gasteiger partial charge is 0.349 e. The van der Waals surface area contributed by atoms with Gasteiger partial charge in [-0.25, -0.2) is 0 Å². The van der Waals surface area contributed by atoms with Gasteiger partial charge in [-0.15, -0.1) is 0 Å². The van der Waals surface area contributed by atoms with Gasteiger partial charge in [-0.2, -0.15) is 0 Å². The van der Waals surface area contributed by atoms with E-state index in [0.717, 1.165) is 19.8 Å². The van der Waals surface area contributed by atoms with E-state index in [4.69, 9.17) is 9.47 Å². The van der Waals surface area contributed by atoms with Crippen molar-refractivity contribution in [2.24, 2.45) is 5.41 Å². The quantitative estimate of drug-likeness (QED) is 0.824. The summed E-state index contributed by atoms with van der Waals surface area (Å²) in [5.41, 5.74) is 0.491. The zero-order valence-corrected chi connectivity index (χ0v) is 11.6. The van der Waals surface area contributed by atoms with E-state index in [0.29, 0.717) is 11.5 Å². The van der Waals surface area contributed by atoms with Gasteiger partial charge in [0.15, 0.2) is 5.79 Å². The molecule has 1 aliphatic heterocycles. The van der Waals surface area contributed by atoms with E-state index < -0.39 is 5.79 Å². The summed E-state index contributed by atoms with van der Waals surface area (Å²) >= 11 is 0. The lowest BCUT2D eigenvalue weighted by atomic mass is 9.75. The lowest BCUT2D eigenvalue weighted by Gasteiger charge is -2.39. The van der Waals surface area contributed by atoms with Crippen molar-refractivity contribution in [3.05, 3.63) is 0 Å². The van der Waals surface area contributed by atoms with Crippen LogP contribution in [0.15, 0.2) is 0 Å². The lowest BCUT2D eigenvalue weighted by Crippen LogP contribution is -2.50. The van der Waals surface area contributed by atoms with E-state index >= 15 is 0 Å². The molecule has 0 aromatic carbocycles. The number of rotatable bonds is 3. The minimum absolute atomic E-state index is 0.363. The Balaban J connectivity index is 1.71. The van der Waals surface area contributed by atoms with Gasteiger partial charge in [0, 0.05) is 6.54 Å². The van der Waals surface area contributed by atoms with Crippen molar-refractivity contribution in [3.8, 4) is 0 Å². The van der Waals surface area contributed by atoms with E-state index in [-0.39, 0.29) is 0 Å². The van der Waals surface area contributed by atoms with Gasteiger partial charge >= 0.3 is 0 Å². The van der Waals surface area contributed by atoms with E-state index in [1.807, 2.05) is 13.8 Å². The molecule has 0 amide bonds. The standard InChI is InChI=1S/C14H27NO2/c1-13(2)16-9-12(10-17-13)15-11-14(3)7-5-4-6-8-14/h12,15H,4-11H2,1-3H3. The summed E-state index contributed by atoms with van der Waals surface area (Å²) in [6.07, 6.45) is 6.92. The highest BCUT2D eigenvalue weighted by atomic mass is 16.7. The molecule has 100 valence electrons. The summed E-state index contributed by atoms with van der Waals surface area (Å²) in [6, 6.07) is 0.363. The molecule has 3 nitrogen and oxygen atoms in total. The van der Waals surface area contributed by atoms with Crippen LogP contribution >= 0.6 is 0 Å². The van der Waals surface area contributed by atoms with E-state index in [2.05, 4.69) is 12.2 Å². The molecule has 1 N–H and O–H groups in total. The molecular formula is C14H27NO2. The molecule has 0 unspecified atom stereocenters. The summed E-state index contributed by atoms with van der Waals surface area (Å²) in [5.74, 6) is -0.396. The Bertz CT molecular complexity index is 237. The predicted molar refractivity (Wildman–Crippen MR) is 69.0 cm³/mol. The highest BCUT2D eigenvalue weighted by molar-refractivity contribution is 4.83. The van der Waals surface area contributed by atoms with Gasteiger partial charge in [-0.1, -0.05) is 26.2 Å². The first kappa shape index (κ1) is 13.3. The second-order valence-corrected chi connectivity index (χ2v) is 6.47. The van der Waals surface area contributed by atoms with Crippen LogP contribution in [0.2, 0.25) is 0 Å². The lowest BCUT2D eigenvalue weighted by molar-refractivity contribution is -0.253. The van der Waals surface area contributed by atoms with E-state index in [9.17, 15) is 0 Å². The van der Waals surface area contributed by atoms with Crippen LogP contribution < -0.4 is 5.32 Å². The summed E-state index contributed by atoms with van der Waals surface area (Å²) < 4.78 is 11.3. The average molecular weight is 241 g/mol. The molecule has 1 aliphatic carbocycles. The molecule has 1 saturated heterocycles. The first-order valence-corrected chi connectivity index (χ1v) is 7.00. The van der Waals surface area contributed by atoms with Gasteiger partial charge in [-0.05, 0) is 32.1 Å². The zero-order valence-electron chi connectivity index (χ0n) is 11.6. The van der Waals surface area contributed by atoms with E-state index in [1.54, 1.807) is 0 Å². The van der Waals surface area contributed by atoms with Crippen molar-refractivity contribution in [2.75, 3.05) is 19.8 Å². The van der Waals surface area contributed by atoms with Crippen LogP contribution in [0.25, 0.3) is 0 Å². The summed E-state index contributed by atoms with van der Waals surface area (Å²) in [6.45, 7) is 9.00.